The first-order chi connectivity index (χ1) is 17.3. The molecule has 0 atom stereocenters. The van der Waals surface area contributed by atoms with Gasteiger partial charge in [-0.3, -0.25) is 4.90 Å². The Balaban J connectivity index is 2.28. The van der Waals surface area contributed by atoms with Gasteiger partial charge >= 0.3 is 18.4 Å². The first-order valence-corrected chi connectivity index (χ1v) is 11.9. The highest BCUT2D eigenvalue weighted by molar-refractivity contribution is 6.31. The largest absolute Gasteiger partial charge is 0.418 e. The van der Waals surface area contributed by atoms with Crippen LogP contribution in [0.2, 0.25) is 10.0 Å². The van der Waals surface area contributed by atoms with Gasteiger partial charge in [0.05, 0.1) is 22.5 Å². The van der Waals surface area contributed by atoms with Gasteiger partial charge in [0, 0.05) is 23.1 Å². The third-order valence-corrected chi connectivity index (χ3v) is 5.94. The first-order valence-electron chi connectivity index (χ1n) is 11.2. The summed E-state index contributed by atoms with van der Waals surface area (Å²) in [6.45, 7) is 1.93. The van der Waals surface area contributed by atoms with Gasteiger partial charge in [0.15, 0.2) is 0 Å². The third-order valence-electron chi connectivity index (χ3n) is 5.47. The van der Waals surface area contributed by atoms with Crippen molar-refractivity contribution in [2.45, 2.75) is 38.7 Å². The molecule has 0 saturated carbocycles. The minimum atomic E-state index is -5.02. The van der Waals surface area contributed by atoms with Crippen molar-refractivity contribution in [1.29, 1.82) is 0 Å². The number of hydrogen-bond acceptors (Lipinski definition) is 1. The van der Waals surface area contributed by atoms with Gasteiger partial charge in [-0.2, -0.15) is 26.3 Å². The van der Waals surface area contributed by atoms with Gasteiger partial charge in [-0.05, 0) is 48.4 Å². The number of rotatable bonds is 7. The van der Waals surface area contributed by atoms with E-state index < -0.39 is 40.9 Å². The summed E-state index contributed by atoms with van der Waals surface area (Å²) in [5, 5.41) is -0.578. The number of carbonyl (C=O) groups is 1. The molecule has 0 heterocycles. The van der Waals surface area contributed by atoms with E-state index in [1.54, 1.807) is 30.3 Å². The summed E-state index contributed by atoms with van der Waals surface area (Å²) in [4.78, 5) is 15.6. The molecule has 0 N–H and O–H groups in total. The van der Waals surface area contributed by atoms with Gasteiger partial charge in [-0.15, -0.1) is 0 Å². The molecular formula is C26H22Cl2F6N2O. The summed E-state index contributed by atoms with van der Waals surface area (Å²) in [5.74, 6) is 0. The molecule has 11 heteroatoms. The van der Waals surface area contributed by atoms with E-state index in [9.17, 15) is 31.1 Å². The molecule has 0 radical (unpaired) electrons. The Morgan fingerprint density at radius 2 is 1.27 bits per heavy atom. The molecule has 0 fully saturated rings. The van der Waals surface area contributed by atoms with Gasteiger partial charge in [0.2, 0.25) is 0 Å². The Hall–Kier alpha value is -2.91. The van der Waals surface area contributed by atoms with Crippen molar-refractivity contribution in [2.75, 3.05) is 11.4 Å². The number of carbonyl (C=O) groups excluding carboxylic acids is 1. The van der Waals surface area contributed by atoms with Crippen LogP contribution in [0.25, 0.3) is 0 Å². The van der Waals surface area contributed by atoms with E-state index in [1.165, 1.54) is 4.90 Å². The number of unbranched alkanes of at least 4 members (excludes halogenated alkanes) is 1. The zero-order chi connectivity index (χ0) is 27.4. The summed E-state index contributed by atoms with van der Waals surface area (Å²) in [5.41, 5.74) is -3.63. The Kier molecular flexibility index (Phi) is 9.02. The average molecular weight is 563 g/mol. The fourth-order valence-corrected chi connectivity index (χ4v) is 4.08. The molecule has 0 aliphatic rings. The summed E-state index contributed by atoms with van der Waals surface area (Å²) in [7, 11) is 0. The van der Waals surface area contributed by atoms with Crippen LogP contribution in [0.3, 0.4) is 0 Å². The first kappa shape index (κ1) is 28.7. The number of nitrogens with zero attached hydrogens (tertiary/aromatic N) is 2. The molecule has 0 spiro atoms. The third kappa shape index (κ3) is 7.11. The predicted octanol–water partition coefficient (Wildman–Crippen LogP) is 9.59. The number of amides is 2. The minimum absolute atomic E-state index is 0.0277. The molecule has 0 aromatic heterocycles. The molecule has 37 heavy (non-hydrogen) atoms. The van der Waals surface area contributed by atoms with Crippen LogP contribution in [0.5, 0.6) is 0 Å². The number of alkyl halides is 6. The van der Waals surface area contributed by atoms with E-state index >= 15 is 0 Å². The Morgan fingerprint density at radius 3 is 1.70 bits per heavy atom. The molecule has 3 aromatic carbocycles. The number of hydrogen-bond donors (Lipinski definition) is 0. The van der Waals surface area contributed by atoms with Crippen LogP contribution >= 0.6 is 23.2 Å². The fraction of sp³-hybridized carbons (Fsp3) is 0.269. The lowest BCUT2D eigenvalue weighted by Crippen LogP contribution is -2.42. The molecule has 0 aliphatic carbocycles. The van der Waals surface area contributed by atoms with Gasteiger partial charge in [0.1, 0.15) is 0 Å². The zero-order valence-corrected chi connectivity index (χ0v) is 21.0. The molecule has 3 rings (SSSR count). The number of benzene rings is 3. The zero-order valence-electron chi connectivity index (χ0n) is 19.5. The van der Waals surface area contributed by atoms with Crippen molar-refractivity contribution in [3.63, 3.8) is 0 Å². The van der Waals surface area contributed by atoms with E-state index in [4.69, 9.17) is 23.2 Å². The van der Waals surface area contributed by atoms with Gasteiger partial charge in [-0.25, -0.2) is 4.79 Å². The van der Waals surface area contributed by atoms with Crippen molar-refractivity contribution in [3.05, 3.63) is 93.5 Å². The lowest BCUT2D eigenvalue weighted by Gasteiger charge is -2.34. The molecule has 0 aliphatic heterocycles. The summed E-state index contributed by atoms with van der Waals surface area (Å²) in [6, 6.07) is 12.7. The van der Waals surface area contributed by atoms with Gasteiger partial charge in [0.25, 0.3) is 0 Å². The normalized spacial score (nSPS) is 11.9. The van der Waals surface area contributed by atoms with E-state index in [2.05, 4.69) is 0 Å². The average Bonchev–Trinajstić information content (AvgIpc) is 2.82. The molecule has 0 bridgehead atoms. The van der Waals surface area contributed by atoms with Crippen molar-refractivity contribution >= 4 is 40.6 Å². The second-order valence-electron chi connectivity index (χ2n) is 8.20. The van der Waals surface area contributed by atoms with Crippen LogP contribution in [-0.2, 0) is 18.9 Å². The van der Waals surface area contributed by atoms with Gasteiger partial charge < -0.3 is 4.90 Å². The number of anilines is 2. The van der Waals surface area contributed by atoms with Crippen molar-refractivity contribution < 1.29 is 31.1 Å². The quantitative estimate of drug-likeness (QED) is 0.263. The summed E-state index contributed by atoms with van der Waals surface area (Å²) < 4.78 is 84.4. The highest BCUT2D eigenvalue weighted by Crippen LogP contribution is 2.45. The van der Waals surface area contributed by atoms with Crippen LogP contribution in [0.4, 0.5) is 42.5 Å². The van der Waals surface area contributed by atoms with Crippen LogP contribution in [0.1, 0.15) is 36.5 Å². The highest BCUT2D eigenvalue weighted by atomic mass is 35.5. The maximum atomic E-state index is 14.1. The van der Waals surface area contributed by atoms with Crippen LogP contribution in [0.15, 0.2) is 66.7 Å². The Labute approximate surface area is 220 Å². The number of urea groups is 1. The second-order valence-corrected chi connectivity index (χ2v) is 9.07. The molecule has 0 saturated heterocycles. The smallest absolute Gasteiger partial charge is 0.320 e. The van der Waals surface area contributed by atoms with E-state index in [1.807, 2.05) is 6.92 Å². The molecule has 3 nitrogen and oxygen atoms in total. The monoisotopic (exact) mass is 562 g/mol. The second kappa shape index (κ2) is 11.6. The molecule has 198 valence electrons. The standard InChI is InChI=1S/C26H22Cl2F6N2O/c1-2-3-13-35(16-17-7-5-4-6-8-17)24(37)36(22-11-9-18(27)14-20(22)25(29,30)31)23-12-10-19(28)15-21(23)26(32,33)34/h4-12,14-15H,2-3,13,16H2,1H3. The predicted molar refractivity (Wildman–Crippen MR) is 132 cm³/mol. The van der Waals surface area contributed by atoms with Gasteiger partial charge in [-0.1, -0.05) is 66.9 Å². The molecule has 3 aromatic rings. The minimum Gasteiger partial charge on any atom is -0.320 e. The van der Waals surface area contributed by atoms with E-state index in [-0.39, 0.29) is 23.1 Å². The SMILES string of the molecule is CCCCN(Cc1ccccc1)C(=O)N(c1ccc(Cl)cc1C(F)(F)F)c1ccc(Cl)cc1C(F)(F)F. The fourth-order valence-electron chi connectivity index (χ4n) is 3.73. The van der Waals surface area contributed by atoms with E-state index in [0.29, 0.717) is 35.4 Å². The lowest BCUT2D eigenvalue weighted by molar-refractivity contribution is -0.137. The molecular weight excluding hydrogens is 541 g/mol. The van der Waals surface area contributed by atoms with Crippen LogP contribution in [0, 0.1) is 0 Å². The molecule has 0 unspecified atom stereocenters. The van der Waals surface area contributed by atoms with Crippen molar-refractivity contribution in [1.82, 2.24) is 4.90 Å². The number of halogens is 8. The molecule has 2 amide bonds. The van der Waals surface area contributed by atoms with E-state index in [0.717, 1.165) is 24.3 Å². The van der Waals surface area contributed by atoms with Crippen LogP contribution in [-0.4, -0.2) is 17.5 Å². The maximum absolute atomic E-state index is 14.1. The summed E-state index contributed by atoms with van der Waals surface area (Å²) in [6.07, 6.45) is -8.91. The topological polar surface area (TPSA) is 23.6 Å². The maximum Gasteiger partial charge on any atom is 0.418 e. The van der Waals surface area contributed by atoms with Crippen LogP contribution < -0.4 is 4.90 Å². The van der Waals surface area contributed by atoms with Crippen molar-refractivity contribution in [2.24, 2.45) is 0 Å². The highest BCUT2D eigenvalue weighted by Gasteiger charge is 2.41. The van der Waals surface area contributed by atoms with Crippen molar-refractivity contribution in [3.8, 4) is 0 Å². The lowest BCUT2D eigenvalue weighted by atomic mass is 10.1. The summed E-state index contributed by atoms with van der Waals surface area (Å²) >= 11 is 11.6. The Morgan fingerprint density at radius 1 is 0.784 bits per heavy atom. The Bertz CT molecular complexity index is 1170.